The monoisotopic (exact) mass is 474 g/mol. The van der Waals surface area contributed by atoms with Crippen LogP contribution in [-0.2, 0) is 0 Å². The Labute approximate surface area is 201 Å². The first kappa shape index (κ1) is 21.7. The van der Waals surface area contributed by atoms with Crippen molar-refractivity contribution in [2.75, 3.05) is 20.1 Å². The number of nitrogens with one attached hydrogen (secondary N) is 1. The van der Waals surface area contributed by atoms with Gasteiger partial charge < -0.3 is 24.5 Å². The van der Waals surface area contributed by atoms with Crippen molar-refractivity contribution in [2.45, 2.75) is 32.3 Å². The van der Waals surface area contributed by atoms with Crippen LogP contribution in [0.4, 0.5) is 0 Å². The number of fused-ring (bicyclic) bond motifs is 3. The normalized spacial score (nSPS) is 21.3. The zero-order valence-electron chi connectivity index (χ0n) is 19.8. The topological polar surface area (TPSA) is 109 Å². The molecule has 35 heavy (non-hydrogen) atoms. The van der Waals surface area contributed by atoms with E-state index >= 15 is 0 Å². The lowest BCUT2D eigenvalue weighted by atomic mass is 9.72. The third-order valence-corrected chi connectivity index (χ3v) is 7.52. The van der Waals surface area contributed by atoms with E-state index in [-0.39, 0.29) is 17.7 Å². The summed E-state index contributed by atoms with van der Waals surface area (Å²) in [5, 5.41) is 18.3. The van der Waals surface area contributed by atoms with Gasteiger partial charge in [-0.05, 0) is 44.4 Å². The number of aliphatic hydroxyl groups is 1. The summed E-state index contributed by atoms with van der Waals surface area (Å²) in [5.41, 5.74) is 2.33. The molecule has 9 nitrogen and oxygen atoms in total. The minimum Gasteiger partial charge on any atom is -0.460 e. The number of carbonyl (C=O) groups excluding carboxylic acids is 2. The van der Waals surface area contributed by atoms with Crippen LogP contribution < -0.4 is 10.1 Å². The summed E-state index contributed by atoms with van der Waals surface area (Å²) in [6, 6.07) is 7.09. The molecule has 4 heterocycles. The summed E-state index contributed by atoms with van der Waals surface area (Å²) in [6.45, 7) is 4.59. The fraction of sp³-hybridized carbons (Fsp3) is 0.346. The number of nitrogens with zero attached hydrogens (tertiary/aromatic N) is 3. The number of aromatic nitrogens is 2. The molecule has 1 saturated heterocycles. The van der Waals surface area contributed by atoms with Gasteiger partial charge in [-0.1, -0.05) is 0 Å². The molecular formula is C26H26N4O5. The van der Waals surface area contributed by atoms with E-state index in [0.717, 1.165) is 18.4 Å². The number of hydrogen-bond acceptors (Lipinski definition) is 6. The largest absolute Gasteiger partial charge is 0.460 e. The van der Waals surface area contributed by atoms with Gasteiger partial charge in [-0.15, -0.1) is 0 Å². The molecule has 1 aliphatic carbocycles. The number of likely N-dealkylation sites (tertiary alicyclic amines) is 1. The standard InChI is InChI=1S/C26H26N4O5/c1-14-19(25(32)29-11-16-6-8-26(16,33)13-29)12-30-23(14)20(7-9-28-30)35-17-4-5-18-21(10-17)34-15(2)22(18)24(31)27-3/h4-5,7,9-10,12,16,33H,6,8,11,13H2,1-3H3,(H,27,31)/t16-,26-/m0/s1. The maximum Gasteiger partial charge on any atom is 0.255 e. The number of carbonyl (C=O) groups is 2. The lowest BCUT2D eigenvalue weighted by Crippen LogP contribution is -2.46. The molecule has 1 aliphatic heterocycles. The number of amides is 2. The van der Waals surface area contributed by atoms with Crippen molar-refractivity contribution < 1.29 is 23.8 Å². The molecule has 4 aromatic rings. The molecule has 1 saturated carbocycles. The Hall–Kier alpha value is -3.85. The number of aryl methyl sites for hydroxylation is 2. The van der Waals surface area contributed by atoms with Crippen molar-refractivity contribution in [3.8, 4) is 11.5 Å². The Balaban J connectivity index is 1.33. The molecule has 2 N–H and O–H groups in total. The van der Waals surface area contributed by atoms with Crippen molar-refractivity contribution >= 4 is 28.3 Å². The van der Waals surface area contributed by atoms with Crippen LogP contribution in [0.2, 0.25) is 0 Å². The smallest absolute Gasteiger partial charge is 0.255 e. The second-order valence-electron chi connectivity index (χ2n) is 9.55. The number of ether oxygens (including phenoxy) is 1. The molecule has 0 spiro atoms. The number of benzene rings is 1. The lowest BCUT2D eigenvalue weighted by Gasteiger charge is -2.38. The van der Waals surface area contributed by atoms with Gasteiger partial charge in [-0.25, -0.2) is 4.52 Å². The molecule has 2 aliphatic rings. The Kier molecular flexibility index (Phi) is 4.69. The van der Waals surface area contributed by atoms with Crippen LogP contribution in [-0.4, -0.2) is 57.2 Å². The van der Waals surface area contributed by atoms with Gasteiger partial charge in [0.05, 0.1) is 29.5 Å². The lowest BCUT2D eigenvalue weighted by molar-refractivity contribution is -0.0588. The first-order valence-corrected chi connectivity index (χ1v) is 11.7. The molecule has 1 aromatic carbocycles. The maximum atomic E-state index is 13.3. The molecule has 0 bridgehead atoms. The molecule has 180 valence electrons. The number of β-amino-alcohol motifs (C(OH)–C–C–N with tert-alkyl or cyclic N) is 1. The highest BCUT2D eigenvalue weighted by Gasteiger charge is 2.53. The minimum absolute atomic E-state index is 0.101. The number of rotatable bonds is 4. The average molecular weight is 475 g/mol. The Morgan fingerprint density at radius 3 is 2.80 bits per heavy atom. The van der Waals surface area contributed by atoms with Crippen molar-refractivity contribution in [3.63, 3.8) is 0 Å². The Bertz CT molecular complexity index is 1520. The van der Waals surface area contributed by atoms with Gasteiger partial charge in [0.25, 0.3) is 11.8 Å². The fourth-order valence-electron chi connectivity index (χ4n) is 5.46. The highest BCUT2D eigenvalue weighted by Crippen LogP contribution is 2.45. The second kappa shape index (κ2) is 7.58. The van der Waals surface area contributed by atoms with E-state index in [1.807, 2.05) is 6.92 Å². The van der Waals surface area contributed by atoms with Gasteiger partial charge in [0.1, 0.15) is 22.6 Å². The SMILES string of the molecule is CNC(=O)c1c(C)oc2cc(Oc3ccnn4cc(C(=O)N5C[C@@H]6CC[C@]6(O)C5)c(C)c34)ccc12. The van der Waals surface area contributed by atoms with Crippen molar-refractivity contribution in [1.29, 1.82) is 0 Å². The van der Waals surface area contributed by atoms with E-state index in [1.54, 1.807) is 60.0 Å². The third kappa shape index (κ3) is 3.22. The molecule has 2 atom stereocenters. The number of furan rings is 1. The highest BCUT2D eigenvalue weighted by molar-refractivity contribution is 6.07. The van der Waals surface area contributed by atoms with E-state index in [9.17, 15) is 14.7 Å². The predicted molar refractivity (Wildman–Crippen MR) is 128 cm³/mol. The van der Waals surface area contributed by atoms with Crippen LogP contribution in [0.5, 0.6) is 11.5 Å². The van der Waals surface area contributed by atoms with Crippen LogP contribution >= 0.6 is 0 Å². The van der Waals surface area contributed by atoms with Crippen LogP contribution in [0.15, 0.2) is 41.1 Å². The van der Waals surface area contributed by atoms with Crippen LogP contribution in [0.25, 0.3) is 16.5 Å². The molecular weight excluding hydrogens is 448 g/mol. The van der Waals surface area contributed by atoms with Gasteiger partial charge in [-0.2, -0.15) is 5.10 Å². The van der Waals surface area contributed by atoms with Gasteiger partial charge in [-0.3, -0.25) is 9.59 Å². The molecule has 2 fully saturated rings. The molecule has 0 radical (unpaired) electrons. The zero-order chi connectivity index (χ0) is 24.5. The molecule has 2 amide bonds. The first-order chi connectivity index (χ1) is 16.8. The van der Waals surface area contributed by atoms with Crippen molar-refractivity contribution in [2.24, 2.45) is 5.92 Å². The van der Waals surface area contributed by atoms with E-state index in [1.165, 1.54) is 0 Å². The second-order valence-corrected chi connectivity index (χ2v) is 9.55. The Morgan fingerprint density at radius 2 is 2.11 bits per heavy atom. The summed E-state index contributed by atoms with van der Waals surface area (Å²) < 4.78 is 13.7. The molecule has 3 aromatic heterocycles. The third-order valence-electron chi connectivity index (χ3n) is 7.52. The summed E-state index contributed by atoms with van der Waals surface area (Å²) >= 11 is 0. The number of hydrogen-bond donors (Lipinski definition) is 2. The van der Waals surface area contributed by atoms with E-state index in [0.29, 0.717) is 58.0 Å². The summed E-state index contributed by atoms with van der Waals surface area (Å²) in [7, 11) is 1.58. The molecule has 6 rings (SSSR count). The van der Waals surface area contributed by atoms with Crippen molar-refractivity contribution in [1.82, 2.24) is 19.8 Å². The van der Waals surface area contributed by atoms with Gasteiger partial charge in [0.2, 0.25) is 0 Å². The Morgan fingerprint density at radius 1 is 1.29 bits per heavy atom. The molecule has 9 heteroatoms. The van der Waals surface area contributed by atoms with E-state index < -0.39 is 5.60 Å². The minimum atomic E-state index is -0.726. The zero-order valence-corrected chi connectivity index (χ0v) is 19.8. The highest BCUT2D eigenvalue weighted by atomic mass is 16.5. The van der Waals surface area contributed by atoms with Crippen LogP contribution in [0.3, 0.4) is 0 Å². The summed E-state index contributed by atoms with van der Waals surface area (Å²) in [6.07, 6.45) is 5.05. The van der Waals surface area contributed by atoms with Crippen molar-refractivity contribution in [3.05, 3.63) is 59.1 Å². The van der Waals surface area contributed by atoms with Gasteiger partial charge in [0, 0.05) is 43.2 Å². The van der Waals surface area contributed by atoms with Gasteiger partial charge >= 0.3 is 0 Å². The average Bonchev–Trinajstić information content (AvgIpc) is 3.43. The maximum absolute atomic E-state index is 13.3. The fourth-order valence-corrected chi connectivity index (χ4v) is 5.46. The summed E-state index contributed by atoms with van der Waals surface area (Å²) in [4.78, 5) is 27.3. The van der Waals surface area contributed by atoms with E-state index in [2.05, 4.69) is 10.4 Å². The van der Waals surface area contributed by atoms with E-state index in [4.69, 9.17) is 9.15 Å². The van der Waals surface area contributed by atoms with Crippen LogP contribution in [0, 0.1) is 19.8 Å². The summed E-state index contributed by atoms with van der Waals surface area (Å²) in [5.74, 6) is 1.49. The quantitative estimate of drug-likeness (QED) is 0.469. The molecule has 0 unspecified atom stereocenters. The predicted octanol–water partition coefficient (Wildman–Crippen LogP) is 3.45. The van der Waals surface area contributed by atoms with Gasteiger partial charge in [0.15, 0.2) is 5.75 Å². The first-order valence-electron chi connectivity index (χ1n) is 11.7. The van der Waals surface area contributed by atoms with Crippen LogP contribution in [0.1, 0.15) is 44.9 Å².